The average Bonchev–Trinajstić information content (AvgIpc) is 2.89. The topological polar surface area (TPSA) is 86.8 Å². The van der Waals surface area contributed by atoms with Crippen LogP contribution in [-0.2, 0) is 4.79 Å². The smallest absolute Gasteiger partial charge is 0.231 e. The maximum Gasteiger partial charge on any atom is 0.231 e. The molecule has 128 valence electrons. The van der Waals surface area contributed by atoms with Crippen LogP contribution in [-0.4, -0.2) is 46.1 Å². The molecule has 0 aromatic carbocycles. The molecule has 0 spiro atoms. The minimum atomic E-state index is -0.863. The fourth-order valence-electron chi connectivity index (χ4n) is 1.88. The van der Waals surface area contributed by atoms with Gasteiger partial charge in [-0.3, -0.25) is 9.36 Å². The molecular formula is C15H26N6OS. The predicted octanol–water partition coefficient (Wildman–Crippen LogP) is 2.07. The van der Waals surface area contributed by atoms with Gasteiger partial charge >= 0.3 is 0 Å². The number of nitrogens with zero attached hydrogens (tertiary/aromatic N) is 5. The van der Waals surface area contributed by atoms with Crippen LogP contribution in [0.5, 0.6) is 0 Å². The lowest BCUT2D eigenvalue weighted by atomic mass is 9.90. The number of nitriles is 1. The minimum Gasteiger partial charge on any atom is -0.347 e. The summed E-state index contributed by atoms with van der Waals surface area (Å²) in [7, 11) is 3.82. The maximum absolute atomic E-state index is 12.2. The van der Waals surface area contributed by atoms with Gasteiger partial charge in [0, 0.05) is 20.1 Å². The third kappa shape index (κ3) is 4.61. The summed E-state index contributed by atoms with van der Waals surface area (Å²) in [5.41, 5.74) is -0.863. The highest BCUT2D eigenvalue weighted by molar-refractivity contribution is 7.99. The van der Waals surface area contributed by atoms with E-state index < -0.39 is 5.54 Å². The van der Waals surface area contributed by atoms with E-state index in [2.05, 4.69) is 21.6 Å². The third-order valence-electron chi connectivity index (χ3n) is 3.68. The van der Waals surface area contributed by atoms with Gasteiger partial charge in [-0.2, -0.15) is 5.26 Å². The predicted molar refractivity (Wildman–Crippen MR) is 92.5 cm³/mol. The first-order chi connectivity index (χ1) is 10.6. The van der Waals surface area contributed by atoms with E-state index >= 15 is 0 Å². The molecule has 7 nitrogen and oxygen atoms in total. The molecule has 1 atom stereocenters. The zero-order valence-corrected chi connectivity index (χ0v) is 15.7. The van der Waals surface area contributed by atoms with Crippen LogP contribution in [0.1, 0.15) is 40.7 Å². The van der Waals surface area contributed by atoms with Crippen LogP contribution in [0.25, 0.3) is 0 Å². The van der Waals surface area contributed by atoms with E-state index in [1.165, 1.54) is 11.8 Å². The Kier molecular flexibility index (Phi) is 6.45. The minimum absolute atomic E-state index is 0.0288. The second-order valence-corrected chi connectivity index (χ2v) is 7.39. The van der Waals surface area contributed by atoms with Crippen LogP contribution in [0, 0.1) is 17.2 Å². The Morgan fingerprint density at radius 1 is 1.39 bits per heavy atom. The van der Waals surface area contributed by atoms with Crippen molar-refractivity contribution in [1.82, 2.24) is 20.1 Å². The Morgan fingerprint density at radius 3 is 2.43 bits per heavy atom. The standard InChI is InChI=1S/C15H26N6OS/c1-10(2)15(5,9-16)17-12(22)8-23-14-19-18-13(20(6)7)21(14)11(3)4/h10-11H,8H2,1-7H3,(H,17,22). The molecule has 0 saturated heterocycles. The molecule has 0 fully saturated rings. The zero-order valence-electron chi connectivity index (χ0n) is 14.9. The summed E-state index contributed by atoms with van der Waals surface area (Å²) in [5, 5.41) is 21.1. The van der Waals surface area contributed by atoms with Gasteiger partial charge in [-0.15, -0.1) is 10.2 Å². The van der Waals surface area contributed by atoms with Crippen LogP contribution in [0.2, 0.25) is 0 Å². The first kappa shape index (κ1) is 19.3. The van der Waals surface area contributed by atoms with Gasteiger partial charge in [-0.1, -0.05) is 25.6 Å². The van der Waals surface area contributed by atoms with Crippen LogP contribution in [0.4, 0.5) is 5.95 Å². The SMILES string of the molecule is CC(C)n1c(SCC(=O)NC(C)(C#N)C(C)C)nnc1N(C)C. The zero-order chi connectivity index (χ0) is 17.8. The number of amides is 1. The Hall–Kier alpha value is -1.75. The van der Waals surface area contributed by atoms with Gasteiger partial charge in [0.1, 0.15) is 5.54 Å². The van der Waals surface area contributed by atoms with Crippen molar-refractivity contribution in [1.29, 1.82) is 5.26 Å². The Bertz CT molecular complexity index is 589. The first-order valence-electron chi connectivity index (χ1n) is 7.59. The lowest BCUT2D eigenvalue weighted by Gasteiger charge is -2.27. The molecule has 1 unspecified atom stereocenters. The normalized spacial score (nSPS) is 13.7. The number of aromatic nitrogens is 3. The van der Waals surface area contributed by atoms with Gasteiger partial charge in [0.05, 0.1) is 11.8 Å². The lowest BCUT2D eigenvalue weighted by Crippen LogP contribution is -2.49. The van der Waals surface area contributed by atoms with Crippen molar-refractivity contribution in [3.05, 3.63) is 0 Å². The molecule has 0 radical (unpaired) electrons. The van der Waals surface area contributed by atoms with Gasteiger partial charge in [-0.25, -0.2) is 0 Å². The van der Waals surface area contributed by atoms with E-state index in [-0.39, 0.29) is 23.6 Å². The first-order valence-corrected chi connectivity index (χ1v) is 8.58. The summed E-state index contributed by atoms with van der Waals surface area (Å²) in [6, 6.07) is 2.36. The highest BCUT2D eigenvalue weighted by atomic mass is 32.2. The molecule has 1 amide bonds. The van der Waals surface area contributed by atoms with E-state index in [1.807, 2.05) is 51.3 Å². The average molecular weight is 338 g/mol. The maximum atomic E-state index is 12.2. The fraction of sp³-hybridized carbons (Fsp3) is 0.733. The Balaban J connectivity index is 2.80. The molecule has 23 heavy (non-hydrogen) atoms. The van der Waals surface area contributed by atoms with E-state index in [9.17, 15) is 10.1 Å². The van der Waals surface area contributed by atoms with Crippen molar-refractivity contribution >= 4 is 23.6 Å². The monoisotopic (exact) mass is 338 g/mol. The van der Waals surface area contributed by atoms with Crippen molar-refractivity contribution in [3.63, 3.8) is 0 Å². The van der Waals surface area contributed by atoms with Crippen molar-refractivity contribution < 1.29 is 4.79 Å². The summed E-state index contributed by atoms with van der Waals surface area (Å²) in [6.45, 7) is 9.66. The summed E-state index contributed by atoms with van der Waals surface area (Å²) in [5.74, 6) is 0.799. The van der Waals surface area contributed by atoms with Crippen LogP contribution in [0.15, 0.2) is 5.16 Å². The molecule has 0 aliphatic rings. The molecule has 0 bridgehead atoms. The molecule has 0 saturated carbocycles. The van der Waals surface area contributed by atoms with Gasteiger partial charge in [0.25, 0.3) is 0 Å². The highest BCUT2D eigenvalue weighted by Crippen LogP contribution is 2.25. The summed E-state index contributed by atoms with van der Waals surface area (Å²) in [4.78, 5) is 14.1. The largest absolute Gasteiger partial charge is 0.347 e. The molecule has 1 aromatic heterocycles. The van der Waals surface area contributed by atoms with Crippen LogP contribution in [0.3, 0.4) is 0 Å². The number of anilines is 1. The molecular weight excluding hydrogens is 312 g/mol. The Morgan fingerprint density at radius 2 is 2.00 bits per heavy atom. The molecule has 8 heteroatoms. The third-order valence-corrected chi connectivity index (χ3v) is 4.62. The second kappa shape index (κ2) is 7.68. The molecule has 0 aliphatic heterocycles. The van der Waals surface area contributed by atoms with E-state index in [4.69, 9.17) is 0 Å². The van der Waals surface area contributed by atoms with E-state index in [1.54, 1.807) is 6.92 Å². The second-order valence-electron chi connectivity index (χ2n) is 6.45. The van der Waals surface area contributed by atoms with Crippen LogP contribution >= 0.6 is 11.8 Å². The summed E-state index contributed by atoms with van der Waals surface area (Å²) < 4.78 is 1.99. The van der Waals surface area contributed by atoms with E-state index in [0.29, 0.717) is 5.16 Å². The summed E-state index contributed by atoms with van der Waals surface area (Å²) >= 11 is 1.33. The van der Waals surface area contributed by atoms with Gasteiger partial charge < -0.3 is 10.2 Å². The molecule has 1 heterocycles. The van der Waals surface area contributed by atoms with Crippen LogP contribution < -0.4 is 10.2 Å². The van der Waals surface area contributed by atoms with Gasteiger partial charge in [0.15, 0.2) is 5.16 Å². The molecule has 0 aliphatic carbocycles. The number of rotatable bonds is 7. The molecule has 1 N–H and O–H groups in total. The molecule has 1 aromatic rings. The van der Waals surface area contributed by atoms with Crippen molar-refractivity contribution in [2.75, 3.05) is 24.7 Å². The number of hydrogen-bond donors (Lipinski definition) is 1. The Labute approximate surface area is 142 Å². The van der Waals surface area contributed by atoms with E-state index in [0.717, 1.165) is 5.95 Å². The number of thioether (sulfide) groups is 1. The van der Waals surface area contributed by atoms with Crippen molar-refractivity contribution in [3.8, 4) is 6.07 Å². The number of nitrogens with one attached hydrogen (secondary N) is 1. The fourth-order valence-corrected chi connectivity index (χ4v) is 2.74. The van der Waals surface area contributed by atoms with Gasteiger partial charge in [-0.05, 0) is 26.7 Å². The number of carbonyl (C=O) groups excluding carboxylic acids is 1. The van der Waals surface area contributed by atoms with Crippen molar-refractivity contribution in [2.45, 2.75) is 51.4 Å². The number of carbonyl (C=O) groups is 1. The quantitative estimate of drug-likeness (QED) is 0.766. The lowest BCUT2D eigenvalue weighted by molar-refractivity contribution is -0.120. The number of hydrogen-bond acceptors (Lipinski definition) is 6. The van der Waals surface area contributed by atoms with Gasteiger partial charge in [0.2, 0.25) is 11.9 Å². The van der Waals surface area contributed by atoms with Crippen molar-refractivity contribution in [2.24, 2.45) is 5.92 Å². The molecule has 1 rings (SSSR count). The highest BCUT2D eigenvalue weighted by Gasteiger charge is 2.30. The summed E-state index contributed by atoms with van der Waals surface area (Å²) in [6.07, 6.45) is 0.